The molecule has 2 radical (unpaired) electrons. The van der Waals surface area contributed by atoms with Gasteiger partial charge in [-0.2, -0.15) is 0 Å². The van der Waals surface area contributed by atoms with Gasteiger partial charge < -0.3 is 0 Å². The van der Waals surface area contributed by atoms with E-state index in [1.54, 1.807) is 0 Å². The summed E-state index contributed by atoms with van der Waals surface area (Å²) in [6, 6.07) is 0.445. The van der Waals surface area contributed by atoms with Crippen molar-refractivity contribution in [1.82, 2.24) is 0 Å². The Morgan fingerprint density at radius 3 is 2.40 bits per heavy atom. The molecule has 2 heteroatoms. The number of nitrogens with two attached hydrogens (primary N) is 1. The van der Waals surface area contributed by atoms with E-state index in [1.165, 1.54) is 48.2 Å². The van der Waals surface area contributed by atoms with Crippen molar-refractivity contribution >= 4 is 22.5 Å². The van der Waals surface area contributed by atoms with Crippen LogP contribution < -0.4 is 5.73 Å². The first-order chi connectivity index (χ1) is 4.72. The maximum atomic E-state index is 5.88. The molecule has 0 bridgehead atoms. The van der Waals surface area contributed by atoms with E-state index in [0.29, 0.717) is 6.04 Å². The monoisotopic (exact) mass is 247 g/mol. The summed E-state index contributed by atoms with van der Waals surface area (Å²) in [7, 11) is 0. The second-order valence-electron chi connectivity index (χ2n) is 3.47. The Bertz CT molecular complexity index is 103. The Labute approximate surface area is 76.8 Å². The number of hydrogen-bond acceptors (Lipinski definition) is 1. The van der Waals surface area contributed by atoms with Crippen molar-refractivity contribution in [2.45, 2.75) is 42.6 Å². The molecule has 0 aromatic carbocycles. The van der Waals surface area contributed by atoms with Crippen LogP contribution in [-0.4, -0.2) is 28.6 Å². The van der Waals surface area contributed by atoms with Crippen LogP contribution in [0.25, 0.3) is 0 Å². The van der Waals surface area contributed by atoms with Gasteiger partial charge in [-0.3, -0.25) is 0 Å². The molecule has 2 N–H and O–H groups in total. The van der Waals surface area contributed by atoms with Gasteiger partial charge in [0.15, 0.2) is 0 Å². The normalized spacial score (nSPS) is 37.5. The average molecular weight is 246 g/mol. The zero-order chi connectivity index (χ0) is 7.56. The summed E-state index contributed by atoms with van der Waals surface area (Å²) in [6.07, 6.45) is 5.72. The molecule has 1 aliphatic carbocycles. The molecule has 58 valence electrons. The molecular formula is C8H17NSn. The van der Waals surface area contributed by atoms with Gasteiger partial charge in [0.25, 0.3) is 0 Å². The topological polar surface area (TPSA) is 26.0 Å². The summed E-state index contributed by atoms with van der Waals surface area (Å²) in [5.41, 5.74) is 5.88. The summed E-state index contributed by atoms with van der Waals surface area (Å²) in [5.74, 6) is 0.858. The van der Waals surface area contributed by atoms with E-state index >= 15 is 0 Å². The Balaban J connectivity index is 2.40. The van der Waals surface area contributed by atoms with Crippen LogP contribution in [0.4, 0.5) is 0 Å². The third-order valence-corrected chi connectivity index (χ3v) is 4.91. The molecule has 1 rings (SSSR count). The van der Waals surface area contributed by atoms with E-state index in [9.17, 15) is 0 Å². The molecule has 1 fully saturated rings. The minimum atomic E-state index is 0.445. The van der Waals surface area contributed by atoms with Gasteiger partial charge in [0.05, 0.1) is 0 Å². The van der Waals surface area contributed by atoms with Gasteiger partial charge in [-0.15, -0.1) is 0 Å². The summed E-state index contributed by atoms with van der Waals surface area (Å²) in [4.78, 5) is 0. The molecule has 10 heavy (non-hydrogen) atoms. The van der Waals surface area contributed by atoms with E-state index in [2.05, 4.69) is 6.92 Å². The van der Waals surface area contributed by atoms with Crippen molar-refractivity contribution in [3.8, 4) is 0 Å². The van der Waals surface area contributed by atoms with Gasteiger partial charge in [-0.05, 0) is 0 Å². The van der Waals surface area contributed by atoms with Crippen LogP contribution in [0.5, 0.6) is 0 Å². The second kappa shape index (κ2) is 3.95. The summed E-state index contributed by atoms with van der Waals surface area (Å²) >= 11 is 1.42. The molecule has 0 heterocycles. The number of hydrogen-bond donors (Lipinski definition) is 1. The SMILES string of the molecule is CC(N)C1CCCC[CH]1[SnH]. The quantitative estimate of drug-likeness (QED) is 0.691. The molecule has 3 unspecified atom stereocenters. The number of rotatable bonds is 1. The van der Waals surface area contributed by atoms with Crippen molar-refractivity contribution < 1.29 is 0 Å². The third kappa shape index (κ3) is 2.12. The van der Waals surface area contributed by atoms with Gasteiger partial charge >= 0.3 is 76.8 Å². The zero-order valence-corrected chi connectivity index (χ0v) is 10.0. The van der Waals surface area contributed by atoms with E-state index in [1.807, 2.05) is 0 Å². The molecule has 1 aliphatic rings. The van der Waals surface area contributed by atoms with Crippen molar-refractivity contribution in [1.29, 1.82) is 0 Å². The van der Waals surface area contributed by atoms with E-state index < -0.39 is 0 Å². The van der Waals surface area contributed by atoms with Gasteiger partial charge in [0, 0.05) is 0 Å². The van der Waals surface area contributed by atoms with Crippen LogP contribution in [0.1, 0.15) is 32.6 Å². The molecule has 1 saturated carbocycles. The van der Waals surface area contributed by atoms with Crippen LogP contribution in [0.15, 0.2) is 0 Å². The fourth-order valence-electron chi connectivity index (χ4n) is 1.84. The fraction of sp³-hybridized carbons (Fsp3) is 1.00. The third-order valence-electron chi connectivity index (χ3n) is 2.55. The van der Waals surface area contributed by atoms with Gasteiger partial charge in [0.1, 0.15) is 0 Å². The predicted molar refractivity (Wildman–Crippen MR) is 46.5 cm³/mol. The van der Waals surface area contributed by atoms with Crippen molar-refractivity contribution in [3.63, 3.8) is 0 Å². The van der Waals surface area contributed by atoms with Crippen LogP contribution in [0.2, 0.25) is 3.93 Å². The molecule has 3 atom stereocenters. The standard InChI is InChI=1S/C8H16N.Sn.H/c1-7(9)8-5-3-2-4-6-8;;/h5,7-8H,2-4,6,9H2,1H3;;. The van der Waals surface area contributed by atoms with Gasteiger partial charge in [-0.25, -0.2) is 0 Å². The van der Waals surface area contributed by atoms with E-state index in [0.717, 1.165) is 9.85 Å². The van der Waals surface area contributed by atoms with Crippen molar-refractivity contribution in [3.05, 3.63) is 0 Å². The van der Waals surface area contributed by atoms with E-state index in [-0.39, 0.29) is 0 Å². The Hall–Kier alpha value is 0.759. The van der Waals surface area contributed by atoms with Crippen LogP contribution in [-0.2, 0) is 0 Å². The Kier molecular flexibility index (Phi) is 3.50. The van der Waals surface area contributed by atoms with Crippen LogP contribution >= 0.6 is 0 Å². The predicted octanol–water partition coefficient (Wildman–Crippen LogP) is 1.21. The first-order valence-electron chi connectivity index (χ1n) is 4.23. The maximum absolute atomic E-state index is 5.88. The first kappa shape index (κ1) is 8.85. The van der Waals surface area contributed by atoms with Gasteiger partial charge in [0.2, 0.25) is 0 Å². The molecule has 0 saturated heterocycles. The summed E-state index contributed by atoms with van der Waals surface area (Å²) in [6.45, 7) is 2.17. The van der Waals surface area contributed by atoms with Crippen molar-refractivity contribution in [2.24, 2.45) is 11.7 Å². The minimum absolute atomic E-state index is 0.445. The molecule has 0 spiro atoms. The summed E-state index contributed by atoms with van der Waals surface area (Å²) < 4.78 is 0.999. The van der Waals surface area contributed by atoms with Gasteiger partial charge in [-0.1, -0.05) is 0 Å². The van der Waals surface area contributed by atoms with Crippen LogP contribution in [0, 0.1) is 5.92 Å². The van der Waals surface area contributed by atoms with Crippen LogP contribution in [0.3, 0.4) is 0 Å². The van der Waals surface area contributed by atoms with E-state index in [4.69, 9.17) is 5.73 Å². The first-order valence-corrected chi connectivity index (χ1v) is 6.13. The fourth-order valence-corrected chi connectivity index (χ4v) is 4.06. The average Bonchev–Trinajstić information content (AvgIpc) is 1.88. The zero-order valence-electron chi connectivity index (χ0n) is 6.72. The second-order valence-corrected chi connectivity index (χ2v) is 5.92. The molecule has 1 nitrogen and oxygen atoms in total. The Morgan fingerprint density at radius 2 is 2.00 bits per heavy atom. The van der Waals surface area contributed by atoms with Crippen molar-refractivity contribution in [2.75, 3.05) is 0 Å². The molecule has 0 aromatic heterocycles. The molecular weight excluding hydrogens is 229 g/mol. The molecule has 0 amide bonds. The molecule has 0 aliphatic heterocycles. The molecule has 0 aromatic rings. The Morgan fingerprint density at radius 1 is 1.40 bits per heavy atom. The summed E-state index contributed by atoms with van der Waals surface area (Å²) in [5, 5.41) is 0.